The molecule has 2 aliphatic rings. The molecule has 2 heterocycles. The second kappa shape index (κ2) is 4.54. The van der Waals surface area contributed by atoms with Gasteiger partial charge in [-0.25, -0.2) is 0 Å². The smallest absolute Gasteiger partial charge is 0.155 e. The van der Waals surface area contributed by atoms with Crippen LogP contribution in [0.1, 0.15) is 26.7 Å². The van der Waals surface area contributed by atoms with Gasteiger partial charge in [-0.2, -0.15) is 12.6 Å². The van der Waals surface area contributed by atoms with Crippen LogP contribution >= 0.6 is 12.6 Å². The molecule has 2 fully saturated rings. The molecule has 2 aliphatic heterocycles. The lowest BCUT2D eigenvalue weighted by Crippen LogP contribution is -2.52. The van der Waals surface area contributed by atoms with E-state index in [0.717, 1.165) is 26.2 Å². The lowest BCUT2D eigenvalue weighted by atomic mass is 9.67. The summed E-state index contributed by atoms with van der Waals surface area (Å²) in [6.07, 6.45) is 2.35. The van der Waals surface area contributed by atoms with E-state index in [0.29, 0.717) is 11.9 Å². The number of thiol groups is 1. The molecule has 0 aromatic rings. The van der Waals surface area contributed by atoms with Gasteiger partial charge < -0.3 is 4.74 Å². The van der Waals surface area contributed by atoms with Crippen molar-refractivity contribution in [3.63, 3.8) is 0 Å². The molecular formula is C12H24BNOS. The second-order valence-electron chi connectivity index (χ2n) is 6.00. The van der Waals surface area contributed by atoms with E-state index in [-0.39, 0.29) is 11.0 Å². The maximum Gasteiger partial charge on any atom is 0.155 e. The number of rotatable bonds is 3. The van der Waals surface area contributed by atoms with Crippen molar-refractivity contribution < 1.29 is 4.74 Å². The highest BCUT2D eigenvalue weighted by molar-refractivity contribution is 7.81. The molecule has 4 heteroatoms. The van der Waals surface area contributed by atoms with E-state index in [2.05, 4.69) is 32.6 Å². The zero-order valence-electron chi connectivity index (χ0n) is 10.9. The number of likely N-dealkylation sites (N-methyl/N-ethyl adjacent to an activating group) is 1. The Balaban J connectivity index is 2.20. The Labute approximate surface area is 106 Å². The maximum atomic E-state index is 6.40. The van der Waals surface area contributed by atoms with Crippen LogP contribution in [0.4, 0.5) is 0 Å². The van der Waals surface area contributed by atoms with Gasteiger partial charge in [-0.05, 0) is 31.7 Å². The molecule has 2 bridgehead atoms. The number of hydrogen-bond donors (Lipinski definition) is 1. The summed E-state index contributed by atoms with van der Waals surface area (Å²) in [6, 6.07) is 0.457. The van der Waals surface area contributed by atoms with Gasteiger partial charge >= 0.3 is 0 Å². The predicted octanol–water partition coefficient (Wildman–Crippen LogP) is 1.82. The third-order valence-corrected chi connectivity index (χ3v) is 4.95. The first-order valence-electron chi connectivity index (χ1n) is 6.54. The molecule has 0 spiro atoms. The lowest BCUT2D eigenvalue weighted by Gasteiger charge is -2.43. The van der Waals surface area contributed by atoms with Gasteiger partial charge in [0.15, 0.2) is 7.28 Å². The van der Waals surface area contributed by atoms with E-state index >= 15 is 0 Å². The molecular weight excluding hydrogens is 217 g/mol. The number of ether oxygens (including phenoxy) is 1. The Kier molecular flexibility index (Phi) is 3.63. The molecule has 16 heavy (non-hydrogen) atoms. The molecule has 2 rings (SSSR count). The Morgan fingerprint density at radius 2 is 2.25 bits per heavy atom. The number of fused-ring (bicyclic) bond motifs is 2. The van der Waals surface area contributed by atoms with Gasteiger partial charge in [0, 0.05) is 12.5 Å². The molecule has 0 aliphatic carbocycles. The fraction of sp³-hybridized carbons (Fsp3) is 1.00. The summed E-state index contributed by atoms with van der Waals surface area (Å²) >= 11 is 4.80. The molecule has 0 amide bonds. The molecule has 0 saturated carbocycles. The average Bonchev–Trinajstić information content (AvgIpc) is 2.50. The monoisotopic (exact) mass is 241 g/mol. The molecule has 0 aromatic carbocycles. The molecule has 4 atom stereocenters. The first-order chi connectivity index (χ1) is 7.48. The average molecular weight is 241 g/mol. The van der Waals surface area contributed by atoms with Crippen LogP contribution in [-0.4, -0.2) is 42.8 Å². The number of hydrogen-bond acceptors (Lipinski definition) is 3. The van der Waals surface area contributed by atoms with Gasteiger partial charge in [0.1, 0.15) is 0 Å². The maximum absolute atomic E-state index is 6.40. The van der Waals surface area contributed by atoms with Crippen LogP contribution in [0.2, 0.25) is 6.82 Å². The largest absolute Gasteiger partial charge is 0.378 e. The number of likely N-dealkylation sites (tertiary alicyclic amines) is 1. The minimum absolute atomic E-state index is 0.00954. The minimum Gasteiger partial charge on any atom is -0.378 e. The van der Waals surface area contributed by atoms with Crippen LogP contribution in [0.5, 0.6) is 0 Å². The van der Waals surface area contributed by atoms with Gasteiger partial charge in [-0.15, -0.1) is 0 Å². The lowest BCUT2D eigenvalue weighted by molar-refractivity contribution is -0.0514. The summed E-state index contributed by atoms with van der Waals surface area (Å²) in [5.41, 5.74) is 0.00954. The normalized spacial score (nSPS) is 44.0. The van der Waals surface area contributed by atoms with Gasteiger partial charge in [-0.1, -0.05) is 20.7 Å². The summed E-state index contributed by atoms with van der Waals surface area (Å²) in [5.74, 6) is 1.40. The van der Waals surface area contributed by atoms with Crippen molar-refractivity contribution in [2.75, 3.05) is 13.6 Å². The quantitative estimate of drug-likeness (QED) is 0.597. The highest BCUT2D eigenvalue weighted by Crippen LogP contribution is 2.47. The van der Waals surface area contributed by atoms with E-state index in [4.69, 9.17) is 17.4 Å². The fourth-order valence-corrected chi connectivity index (χ4v) is 3.95. The van der Waals surface area contributed by atoms with Gasteiger partial charge in [0.25, 0.3) is 0 Å². The Bertz CT molecular complexity index is 263. The predicted molar refractivity (Wildman–Crippen MR) is 73.6 cm³/mol. The van der Waals surface area contributed by atoms with E-state index in [9.17, 15) is 0 Å². The van der Waals surface area contributed by atoms with Gasteiger partial charge in [0.2, 0.25) is 0 Å². The molecule has 2 saturated heterocycles. The summed E-state index contributed by atoms with van der Waals surface area (Å²) in [5, 5.41) is 0.266. The Morgan fingerprint density at radius 1 is 1.56 bits per heavy atom. The van der Waals surface area contributed by atoms with Crippen molar-refractivity contribution in [1.82, 2.24) is 4.90 Å². The van der Waals surface area contributed by atoms with Crippen molar-refractivity contribution in [1.29, 1.82) is 0 Å². The fourth-order valence-electron chi connectivity index (χ4n) is 3.59. The second-order valence-corrected chi connectivity index (χ2v) is 6.49. The summed E-state index contributed by atoms with van der Waals surface area (Å²) in [4.78, 5) is 2.37. The van der Waals surface area contributed by atoms with E-state index < -0.39 is 0 Å². The zero-order valence-corrected chi connectivity index (χ0v) is 11.8. The highest BCUT2D eigenvalue weighted by Gasteiger charge is 2.54. The molecule has 2 unspecified atom stereocenters. The van der Waals surface area contributed by atoms with E-state index in [1.165, 1.54) is 6.42 Å². The number of nitrogens with zero attached hydrogens (tertiary/aromatic N) is 1. The molecule has 0 N–H and O–H groups in total. The molecule has 2 nitrogen and oxygen atoms in total. The molecule has 92 valence electrons. The van der Waals surface area contributed by atoms with Crippen molar-refractivity contribution in [2.24, 2.45) is 11.8 Å². The molecule has 0 radical (unpaired) electrons. The first kappa shape index (κ1) is 12.8. The first-order valence-corrected chi connectivity index (χ1v) is 7.06. The van der Waals surface area contributed by atoms with Crippen LogP contribution in [0.3, 0.4) is 0 Å². The standard InChI is InChI=1S/C12H24BNOS/c1-8(2)5-12-6-9(10(13-3)15-12)7-14(4)11(12)16/h8-11,13,16H,5-7H2,1-4H3/t9-,10?,11?,12+/m0/s1. The van der Waals surface area contributed by atoms with Crippen molar-refractivity contribution >= 4 is 19.9 Å². The van der Waals surface area contributed by atoms with Crippen molar-refractivity contribution in [3.8, 4) is 0 Å². The van der Waals surface area contributed by atoms with Crippen molar-refractivity contribution in [3.05, 3.63) is 0 Å². The topological polar surface area (TPSA) is 12.5 Å². The third-order valence-electron chi connectivity index (χ3n) is 4.09. The van der Waals surface area contributed by atoms with Crippen LogP contribution in [-0.2, 0) is 4.74 Å². The summed E-state index contributed by atoms with van der Waals surface area (Å²) in [7, 11) is 3.32. The van der Waals surface area contributed by atoms with E-state index in [1.54, 1.807) is 0 Å². The van der Waals surface area contributed by atoms with E-state index in [1.807, 2.05) is 0 Å². The third kappa shape index (κ3) is 2.04. The Hall–Kier alpha value is 0.335. The van der Waals surface area contributed by atoms with Crippen LogP contribution in [0, 0.1) is 11.8 Å². The summed E-state index contributed by atoms with van der Waals surface area (Å²) in [6.45, 7) is 7.94. The van der Waals surface area contributed by atoms with Gasteiger partial charge in [0.05, 0.1) is 11.0 Å². The highest BCUT2D eigenvalue weighted by atomic mass is 32.1. The Morgan fingerprint density at radius 3 is 2.81 bits per heavy atom. The van der Waals surface area contributed by atoms with Crippen LogP contribution in [0.15, 0.2) is 0 Å². The minimum atomic E-state index is 0.00954. The SMILES string of the molecule is CBC1O[C@]2(CC(C)C)C[C@H]1CN(C)C2S. The summed E-state index contributed by atoms with van der Waals surface area (Å²) < 4.78 is 6.40. The number of piperidine rings is 1. The molecule has 0 aromatic heterocycles. The zero-order chi connectivity index (χ0) is 11.9. The van der Waals surface area contributed by atoms with Crippen LogP contribution in [0.25, 0.3) is 0 Å². The van der Waals surface area contributed by atoms with Crippen molar-refractivity contribution in [2.45, 2.75) is 50.5 Å². The van der Waals surface area contributed by atoms with Gasteiger partial charge in [-0.3, -0.25) is 4.90 Å². The van der Waals surface area contributed by atoms with Crippen LogP contribution < -0.4 is 0 Å².